The molecule has 2 aromatic carbocycles. The molecule has 0 radical (unpaired) electrons. The lowest BCUT2D eigenvalue weighted by Gasteiger charge is -2.59. The molecule has 7 heterocycles. The van der Waals surface area contributed by atoms with E-state index in [0.29, 0.717) is 29.8 Å². The van der Waals surface area contributed by atoms with E-state index in [1.165, 1.54) is 58.0 Å². The first-order valence-corrected chi connectivity index (χ1v) is 22.2. The number of imide groups is 1. The predicted molar refractivity (Wildman–Crippen MR) is 241 cm³/mol. The molecule has 5 amide bonds. The number of benzene rings is 2. The summed E-state index contributed by atoms with van der Waals surface area (Å²) in [5.74, 6) is -4.12. The third-order valence-electron chi connectivity index (χ3n) is 13.6. The van der Waals surface area contributed by atoms with Crippen LogP contribution in [0.1, 0.15) is 77.0 Å². The first-order valence-electron chi connectivity index (χ1n) is 21.8. The van der Waals surface area contributed by atoms with Gasteiger partial charge in [-0.15, -0.1) is 5.10 Å². The van der Waals surface area contributed by atoms with E-state index >= 15 is 8.78 Å². The summed E-state index contributed by atoms with van der Waals surface area (Å²) >= 11 is 6.35. The first-order chi connectivity index (χ1) is 31.2. The van der Waals surface area contributed by atoms with E-state index in [0.717, 1.165) is 34.5 Å². The quantitative estimate of drug-likeness (QED) is 0.148. The Bertz CT molecular complexity index is 2680. The third-order valence-corrected chi connectivity index (χ3v) is 13.9. The average Bonchev–Trinajstić information content (AvgIpc) is 3.90. The summed E-state index contributed by atoms with van der Waals surface area (Å²) in [4.78, 5) is 65.4. The number of methoxy groups -OCH3 is 1. The van der Waals surface area contributed by atoms with Crippen LogP contribution < -0.4 is 26.2 Å². The van der Waals surface area contributed by atoms with Crippen LogP contribution in [0.2, 0.25) is 5.02 Å². The molecule has 5 aromatic rings. The summed E-state index contributed by atoms with van der Waals surface area (Å²) in [6.45, 7) is 2.51. The highest BCUT2D eigenvalue weighted by Crippen LogP contribution is 2.52. The van der Waals surface area contributed by atoms with E-state index in [9.17, 15) is 19.2 Å². The number of hydrogen-bond donors (Lipinski definition) is 3. The number of halogens is 3. The lowest BCUT2D eigenvalue weighted by Crippen LogP contribution is -2.70. The monoisotopic (exact) mass is 909 g/mol. The number of pyridine rings is 1. The van der Waals surface area contributed by atoms with Crippen molar-refractivity contribution in [1.29, 1.82) is 0 Å². The number of hydrogen-bond acceptors (Lipinski definition) is 11. The minimum Gasteiger partial charge on any atom is -0.385 e. The number of amides is 5. The van der Waals surface area contributed by atoms with E-state index in [1.807, 2.05) is 48.2 Å². The molecule has 19 heteroatoms. The topological polar surface area (TPSA) is 184 Å². The van der Waals surface area contributed by atoms with E-state index in [1.54, 1.807) is 20.4 Å². The smallest absolute Gasteiger partial charge is 0.328 e. The van der Waals surface area contributed by atoms with Gasteiger partial charge < -0.3 is 25.6 Å². The SMILES string of the molecule is CNc1cc(N2CCc3c(-c4ccc(C(C)N5CC6(CCN(C(=O)c7ccc(Cl)c(N8CCC(=O)NC8=O)c7)CC6(F)F)C5)cn4)cccc32)nn2c(C(N)=O)cnc12.COC1CCC1. The van der Waals surface area contributed by atoms with Crippen molar-refractivity contribution < 1.29 is 32.7 Å². The second-order valence-corrected chi connectivity index (χ2v) is 17.8. The number of piperidine rings is 1. The fraction of sp³-hybridized carbons (Fsp3) is 0.413. The van der Waals surface area contributed by atoms with Crippen molar-refractivity contribution in [3.8, 4) is 11.3 Å². The van der Waals surface area contributed by atoms with Gasteiger partial charge in [-0.2, -0.15) is 0 Å². The Morgan fingerprint density at radius 3 is 2.40 bits per heavy atom. The summed E-state index contributed by atoms with van der Waals surface area (Å²) in [5, 5.41) is 10.3. The summed E-state index contributed by atoms with van der Waals surface area (Å²) in [6.07, 6.45) is 8.73. The number of anilines is 4. The van der Waals surface area contributed by atoms with Crippen LogP contribution in [0, 0.1) is 5.41 Å². The van der Waals surface area contributed by atoms with Gasteiger partial charge >= 0.3 is 6.03 Å². The van der Waals surface area contributed by atoms with E-state index < -0.39 is 41.6 Å². The molecular formula is C46H50ClF2N11O5. The molecular weight excluding hydrogens is 860 g/mol. The zero-order valence-electron chi connectivity index (χ0n) is 36.3. The van der Waals surface area contributed by atoms with Gasteiger partial charge in [0.25, 0.3) is 17.7 Å². The van der Waals surface area contributed by atoms with Crippen LogP contribution in [-0.4, -0.2) is 119 Å². The maximum absolute atomic E-state index is 16.0. The van der Waals surface area contributed by atoms with Gasteiger partial charge in [-0.25, -0.2) is 23.1 Å². The lowest BCUT2D eigenvalue weighted by molar-refractivity contribution is -0.225. The number of likely N-dealkylation sites (tertiary alicyclic amines) is 2. The third kappa shape index (κ3) is 8.01. The molecule has 3 aromatic heterocycles. The number of nitrogens with one attached hydrogen (secondary N) is 2. The lowest BCUT2D eigenvalue weighted by atomic mass is 9.68. The molecule has 4 N–H and O–H groups in total. The number of ether oxygens (including phenoxy) is 1. The molecule has 1 atom stereocenters. The summed E-state index contributed by atoms with van der Waals surface area (Å²) < 4.78 is 38.5. The van der Waals surface area contributed by atoms with Gasteiger partial charge in [0.1, 0.15) is 5.69 Å². The van der Waals surface area contributed by atoms with Crippen molar-refractivity contribution in [3.63, 3.8) is 0 Å². The normalized spacial score (nSPS) is 19.5. The van der Waals surface area contributed by atoms with E-state index in [4.69, 9.17) is 32.2 Å². The zero-order chi connectivity index (χ0) is 45.8. The van der Waals surface area contributed by atoms with Gasteiger partial charge in [0.15, 0.2) is 11.5 Å². The van der Waals surface area contributed by atoms with Crippen LogP contribution in [0.4, 0.5) is 36.5 Å². The van der Waals surface area contributed by atoms with Crippen LogP contribution in [0.5, 0.6) is 0 Å². The zero-order valence-corrected chi connectivity index (χ0v) is 37.1. The average molecular weight is 910 g/mol. The highest BCUT2D eigenvalue weighted by molar-refractivity contribution is 6.34. The molecule has 340 valence electrons. The van der Waals surface area contributed by atoms with Crippen LogP contribution in [-0.2, 0) is 16.0 Å². The van der Waals surface area contributed by atoms with Crippen molar-refractivity contribution in [2.75, 3.05) is 68.5 Å². The maximum atomic E-state index is 16.0. The number of primary amides is 1. The summed E-state index contributed by atoms with van der Waals surface area (Å²) in [7, 11) is 3.56. The molecule has 1 saturated carbocycles. The predicted octanol–water partition coefficient (Wildman–Crippen LogP) is 6.46. The van der Waals surface area contributed by atoms with Crippen molar-refractivity contribution in [3.05, 3.63) is 94.4 Å². The second-order valence-electron chi connectivity index (χ2n) is 17.3. The minimum absolute atomic E-state index is 0.0690. The Morgan fingerprint density at radius 1 is 0.969 bits per heavy atom. The number of fused-ring (bicyclic) bond motifs is 2. The number of carbonyl (C=O) groups excluding carboxylic acids is 4. The van der Waals surface area contributed by atoms with E-state index in [2.05, 4.69) is 20.5 Å². The molecule has 0 bridgehead atoms. The summed E-state index contributed by atoms with van der Waals surface area (Å²) in [6, 6.07) is 15.4. The van der Waals surface area contributed by atoms with Gasteiger partial charge in [-0.3, -0.25) is 34.5 Å². The molecule has 1 unspecified atom stereocenters. The van der Waals surface area contributed by atoms with Crippen LogP contribution >= 0.6 is 11.6 Å². The number of aromatic nitrogens is 4. The maximum Gasteiger partial charge on any atom is 0.328 e. The Labute approximate surface area is 379 Å². The Kier molecular flexibility index (Phi) is 11.7. The van der Waals surface area contributed by atoms with Crippen molar-refractivity contribution in [2.45, 2.75) is 63.5 Å². The molecule has 16 nitrogen and oxygen atoms in total. The molecule has 65 heavy (non-hydrogen) atoms. The standard InChI is InChI=1S/C41H40ClF2N11O4.C5H10O/c1-23(52-20-40(21-52)12-15-51(22-41(40,43)44)38(58)24-6-8-28(42)32(16-24)54-14-11-35(56)49-39(54)59)25-7-9-29(47-18-25)26-4-3-5-31-27(26)10-13-53(31)34-17-30(46-2)37-48-19-33(36(45)57)55(37)50-34;1-6-5-3-2-4-5/h3-9,16-19,23,46H,10-15,20-22H2,1-2H3,(H2,45,57)(H,49,56,59);5H,2-4H2,1H3. The first kappa shape index (κ1) is 44.0. The summed E-state index contributed by atoms with van der Waals surface area (Å²) in [5.41, 5.74) is 10.8. The molecule has 3 saturated heterocycles. The van der Waals surface area contributed by atoms with Crippen molar-refractivity contribution >= 4 is 63.9 Å². The van der Waals surface area contributed by atoms with Gasteiger partial charge in [0.2, 0.25) is 5.91 Å². The molecule has 10 rings (SSSR count). The van der Waals surface area contributed by atoms with Crippen LogP contribution in [0.15, 0.2) is 67.0 Å². The Hall–Kier alpha value is -6.24. The fourth-order valence-electron chi connectivity index (χ4n) is 9.40. The molecule has 5 aliphatic rings. The number of nitrogens with zero attached hydrogens (tertiary/aromatic N) is 8. The Balaban J connectivity index is 0.000000823. The van der Waals surface area contributed by atoms with Crippen molar-refractivity contribution in [2.24, 2.45) is 11.1 Å². The van der Waals surface area contributed by atoms with Crippen molar-refractivity contribution in [1.82, 2.24) is 34.7 Å². The minimum atomic E-state index is -3.14. The number of imidazole rings is 1. The van der Waals surface area contributed by atoms with Gasteiger partial charge in [-0.1, -0.05) is 29.8 Å². The highest BCUT2D eigenvalue weighted by Gasteiger charge is 2.63. The van der Waals surface area contributed by atoms with Gasteiger partial charge in [0, 0.05) is 88.4 Å². The molecule has 4 aliphatic heterocycles. The fourth-order valence-corrected chi connectivity index (χ4v) is 9.62. The molecule has 4 fully saturated rings. The second kappa shape index (κ2) is 17.3. The Morgan fingerprint density at radius 2 is 1.75 bits per heavy atom. The number of rotatable bonds is 9. The van der Waals surface area contributed by atoms with Crippen LogP contribution in [0.3, 0.4) is 0 Å². The highest BCUT2D eigenvalue weighted by atomic mass is 35.5. The largest absolute Gasteiger partial charge is 0.385 e. The van der Waals surface area contributed by atoms with E-state index in [-0.39, 0.29) is 67.0 Å². The number of nitrogens with two attached hydrogens (primary N) is 1. The molecule has 1 spiro atoms. The van der Waals surface area contributed by atoms with Gasteiger partial charge in [-0.05, 0) is 80.5 Å². The number of alkyl halides is 2. The number of urea groups is 1. The van der Waals surface area contributed by atoms with Crippen LogP contribution in [0.25, 0.3) is 16.9 Å². The number of carbonyl (C=O) groups is 4. The molecule has 1 aliphatic carbocycles. The van der Waals surface area contributed by atoms with Gasteiger partial charge in [0.05, 0.1) is 46.4 Å².